The third-order valence-corrected chi connectivity index (χ3v) is 12.6. The molecule has 1 aromatic heterocycles. The molecular formula is C60H40N2. The van der Waals surface area contributed by atoms with Crippen LogP contribution in [0.3, 0.4) is 0 Å². The molecule has 0 amide bonds. The van der Waals surface area contributed by atoms with Crippen LogP contribution < -0.4 is 4.90 Å². The van der Waals surface area contributed by atoms with Gasteiger partial charge in [0, 0.05) is 33.0 Å². The Morgan fingerprint density at radius 2 is 0.823 bits per heavy atom. The Morgan fingerprint density at radius 1 is 0.274 bits per heavy atom. The summed E-state index contributed by atoms with van der Waals surface area (Å²) in [6.07, 6.45) is 0. The van der Waals surface area contributed by atoms with E-state index in [2.05, 4.69) is 252 Å². The SMILES string of the molecule is c1ccc(N(c2ccc(-c3ccccc3-n3c4ccccc4c4ccccc43)cc2)c2ccc(-c3ccc4ccccc4c3)c3ccccc23)c(-c2cccc3ccccc23)c1. The maximum absolute atomic E-state index is 2.46. The zero-order valence-corrected chi connectivity index (χ0v) is 34.0. The molecule has 12 aromatic rings. The summed E-state index contributed by atoms with van der Waals surface area (Å²) in [7, 11) is 0. The number of benzene rings is 11. The predicted octanol–water partition coefficient (Wildman–Crippen LogP) is 16.7. The average molecular weight is 789 g/mol. The van der Waals surface area contributed by atoms with Gasteiger partial charge in [0.2, 0.25) is 0 Å². The highest BCUT2D eigenvalue weighted by Gasteiger charge is 2.22. The summed E-state index contributed by atoms with van der Waals surface area (Å²) in [6, 6.07) is 88.6. The lowest BCUT2D eigenvalue weighted by Crippen LogP contribution is -2.12. The molecule has 0 bridgehead atoms. The van der Waals surface area contributed by atoms with Gasteiger partial charge in [0.1, 0.15) is 0 Å². The first-order chi connectivity index (χ1) is 30.8. The Kier molecular flexibility index (Phi) is 8.53. The molecule has 0 aliphatic rings. The highest BCUT2D eigenvalue weighted by atomic mass is 15.1. The van der Waals surface area contributed by atoms with Crippen LogP contribution in [0.1, 0.15) is 0 Å². The van der Waals surface area contributed by atoms with Gasteiger partial charge in [-0.15, -0.1) is 0 Å². The zero-order valence-electron chi connectivity index (χ0n) is 34.0. The van der Waals surface area contributed by atoms with Crippen molar-refractivity contribution >= 4 is 71.2 Å². The van der Waals surface area contributed by atoms with E-state index in [9.17, 15) is 0 Å². The number of para-hydroxylation sites is 4. The molecule has 0 unspecified atom stereocenters. The van der Waals surface area contributed by atoms with E-state index in [1.165, 1.54) is 81.9 Å². The molecule has 12 rings (SSSR count). The fraction of sp³-hybridized carbons (Fsp3) is 0. The summed E-state index contributed by atoms with van der Waals surface area (Å²) >= 11 is 0. The normalized spacial score (nSPS) is 11.5. The van der Waals surface area contributed by atoms with Gasteiger partial charge >= 0.3 is 0 Å². The molecule has 0 atom stereocenters. The maximum Gasteiger partial charge on any atom is 0.0541 e. The molecule has 0 radical (unpaired) electrons. The highest BCUT2D eigenvalue weighted by Crippen LogP contribution is 2.47. The lowest BCUT2D eigenvalue weighted by atomic mass is 9.93. The first-order valence-corrected chi connectivity index (χ1v) is 21.3. The van der Waals surface area contributed by atoms with Crippen LogP contribution in [-0.4, -0.2) is 4.57 Å². The second-order valence-corrected chi connectivity index (χ2v) is 16.1. The molecule has 0 saturated heterocycles. The van der Waals surface area contributed by atoms with Crippen molar-refractivity contribution < 1.29 is 0 Å². The standard InChI is InChI=1S/C60H40N2/c1-2-18-44-40-45(33-32-41(44)16-1)48-38-39-60(53-23-6-5-22-50(48)53)61(57-29-12-8-24-52(57)51-27-15-19-42-17-3-4-20-47(42)51)46-36-34-43(35-37-46)49-21-7-11-28-56(49)62-58-30-13-9-25-54(58)55-26-10-14-31-59(55)62/h1-40H. The minimum Gasteiger partial charge on any atom is -0.309 e. The summed E-state index contributed by atoms with van der Waals surface area (Å²) in [5.74, 6) is 0. The van der Waals surface area contributed by atoms with Gasteiger partial charge < -0.3 is 9.47 Å². The number of fused-ring (bicyclic) bond motifs is 6. The van der Waals surface area contributed by atoms with Crippen molar-refractivity contribution in [2.45, 2.75) is 0 Å². The first-order valence-electron chi connectivity index (χ1n) is 21.3. The molecule has 2 heteroatoms. The van der Waals surface area contributed by atoms with Gasteiger partial charge in [-0.1, -0.05) is 194 Å². The van der Waals surface area contributed by atoms with Crippen molar-refractivity contribution in [2.75, 3.05) is 4.90 Å². The quantitative estimate of drug-likeness (QED) is 0.156. The fourth-order valence-electron chi connectivity index (χ4n) is 9.74. The van der Waals surface area contributed by atoms with Crippen LogP contribution in [-0.2, 0) is 0 Å². The third-order valence-electron chi connectivity index (χ3n) is 12.6. The minimum absolute atomic E-state index is 1.08. The van der Waals surface area contributed by atoms with Crippen LogP contribution in [0.25, 0.3) is 93.2 Å². The number of nitrogens with zero attached hydrogens (tertiary/aromatic N) is 2. The van der Waals surface area contributed by atoms with E-state index in [0.29, 0.717) is 0 Å². The van der Waals surface area contributed by atoms with E-state index >= 15 is 0 Å². The predicted molar refractivity (Wildman–Crippen MR) is 264 cm³/mol. The number of aromatic nitrogens is 1. The van der Waals surface area contributed by atoms with E-state index in [1.807, 2.05) is 0 Å². The summed E-state index contributed by atoms with van der Waals surface area (Å²) in [6.45, 7) is 0. The zero-order chi connectivity index (χ0) is 41.0. The van der Waals surface area contributed by atoms with Crippen molar-refractivity contribution in [3.05, 3.63) is 243 Å². The maximum atomic E-state index is 2.46. The van der Waals surface area contributed by atoms with Gasteiger partial charge in [-0.25, -0.2) is 0 Å². The summed E-state index contributed by atoms with van der Waals surface area (Å²) in [5, 5.41) is 9.86. The third kappa shape index (κ3) is 5.88. The Balaban J connectivity index is 1.06. The monoisotopic (exact) mass is 788 g/mol. The van der Waals surface area contributed by atoms with E-state index in [-0.39, 0.29) is 0 Å². The van der Waals surface area contributed by atoms with Gasteiger partial charge in [0.25, 0.3) is 0 Å². The van der Waals surface area contributed by atoms with Gasteiger partial charge in [-0.2, -0.15) is 0 Å². The van der Waals surface area contributed by atoms with E-state index in [4.69, 9.17) is 0 Å². The van der Waals surface area contributed by atoms with E-state index in [0.717, 1.165) is 28.3 Å². The van der Waals surface area contributed by atoms with Crippen molar-refractivity contribution in [1.82, 2.24) is 4.57 Å². The molecule has 0 N–H and O–H groups in total. The smallest absolute Gasteiger partial charge is 0.0541 e. The van der Waals surface area contributed by atoms with Gasteiger partial charge in [0.15, 0.2) is 0 Å². The summed E-state index contributed by atoms with van der Waals surface area (Å²) < 4.78 is 2.42. The molecule has 290 valence electrons. The van der Waals surface area contributed by atoms with E-state index < -0.39 is 0 Å². The van der Waals surface area contributed by atoms with Crippen molar-refractivity contribution in [2.24, 2.45) is 0 Å². The molecule has 11 aromatic carbocycles. The Bertz CT molecular complexity index is 3590. The van der Waals surface area contributed by atoms with Crippen LogP contribution in [0.5, 0.6) is 0 Å². The molecular weight excluding hydrogens is 749 g/mol. The Morgan fingerprint density at radius 3 is 1.60 bits per heavy atom. The van der Waals surface area contributed by atoms with Crippen LogP contribution >= 0.6 is 0 Å². The van der Waals surface area contributed by atoms with Crippen LogP contribution in [0.2, 0.25) is 0 Å². The second-order valence-electron chi connectivity index (χ2n) is 16.1. The molecule has 0 aliphatic heterocycles. The molecule has 2 nitrogen and oxygen atoms in total. The van der Waals surface area contributed by atoms with Gasteiger partial charge in [-0.3, -0.25) is 0 Å². The van der Waals surface area contributed by atoms with Crippen LogP contribution in [0.4, 0.5) is 17.1 Å². The summed E-state index contributed by atoms with van der Waals surface area (Å²) in [4.78, 5) is 2.46. The lowest BCUT2D eigenvalue weighted by molar-refractivity contribution is 1.18. The highest BCUT2D eigenvalue weighted by molar-refractivity contribution is 6.11. The lowest BCUT2D eigenvalue weighted by Gasteiger charge is -2.30. The number of hydrogen-bond donors (Lipinski definition) is 0. The minimum atomic E-state index is 1.08. The van der Waals surface area contributed by atoms with Crippen LogP contribution in [0, 0.1) is 0 Å². The molecule has 1 heterocycles. The Hall–Kier alpha value is -8.20. The van der Waals surface area contributed by atoms with Gasteiger partial charge in [0.05, 0.1) is 28.1 Å². The average Bonchev–Trinajstić information content (AvgIpc) is 3.68. The molecule has 62 heavy (non-hydrogen) atoms. The number of hydrogen-bond acceptors (Lipinski definition) is 1. The van der Waals surface area contributed by atoms with E-state index in [1.54, 1.807) is 0 Å². The largest absolute Gasteiger partial charge is 0.309 e. The van der Waals surface area contributed by atoms with Crippen LogP contribution in [0.15, 0.2) is 243 Å². The van der Waals surface area contributed by atoms with Gasteiger partial charge in [-0.05, 0) is 97.7 Å². The Labute approximate surface area is 360 Å². The van der Waals surface area contributed by atoms with Crippen molar-refractivity contribution in [3.63, 3.8) is 0 Å². The molecule has 0 spiro atoms. The molecule has 0 saturated carbocycles. The molecule has 0 fully saturated rings. The number of rotatable bonds is 7. The first kappa shape index (κ1) is 35.7. The van der Waals surface area contributed by atoms with Crippen molar-refractivity contribution in [3.8, 4) is 39.1 Å². The topological polar surface area (TPSA) is 8.17 Å². The molecule has 0 aliphatic carbocycles. The fourth-order valence-corrected chi connectivity index (χ4v) is 9.74. The number of anilines is 3. The van der Waals surface area contributed by atoms with Crippen molar-refractivity contribution in [1.29, 1.82) is 0 Å². The second kappa shape index (κ2) is 14.8. The summed E-state index contributed by atoms with van der Waals surface area (Å²) in [5.41, 5.74) is 14.0.